The van der Waals surface area contributed by atoms with Crippen LogP contribution in [0.15, 0.2) is 42.0 Å². The van der Waals surface area contributed by atoms with Crippen molar-refractivity contribution in [3.05, 3.63) is 64.5 Å². The van der Waals surface area contributed by atoms with E-state index in [9.17, 15) is 9.59 Å². The fourth-order valence-electron chi connectivity index (χ4n) is 2.47. The SMILES string of the molecule is CCCc1[nH]cnc1/C=C(/C=O)NC(=O)/C(=C/c1cccc(C#N)c1)NC. The molecule has 0 aliphatic carbocycles. The molecule has 0 atom stereocenters. The van der Waals surface area contributed by atoms with Crippen molar-refractivity contribution in [3.8, 4) is 6.07 Å². The highest BCUT2D eigenvalue weighted by Crippen LogP contribution is 2.11. The number of aryl methyl sites for hydroxylation is 1. The van der Waals surface area contributed by atoms with E-state index in [0.29, 0.717) is 23.1 Å². The zero-order chi connectivity index (χ0) is 19.6. The summed E-state index contributed by atoms with van der Waals surface area (Å²) in [5, 5.41) is 14.4. The Morgan fingerprint density at radius 2 is 2.19 bits per heavy atom. The van der Waals surface area contributed by atoms with Crippen molar-refractivity contribution in [2.45, 2.75) is 19.8 Å². The molecule has 1 amide bonds. The summed E-state index contributed by atoms with van der Waals surface area (Å²) in [6, 6.07) is 8.92. The van der Waals surface area contributed by atoms with Gasteiger partial charge in [-0.25, -0.2) is 4.98 Å². The molecule has 0 bridgehead atoms. The molecule has 0 spiro atoms. The van der Waals surface area contributed by atoms with Crippen LogP contribution in [0.1, 0.15) is 35.9 Å². The number of nitrogens with one attached hydrogen (secondary N) is 3. The third-order valence-corrected chi connectivity index (χ3v) is 3.77. The van der Waals surface area contributed by atoms with Crippen LogP contribution in [0.5, 0.6) is 0 Å². The lowest BCUT2D eigenvalue weighted by Gasteiger charge is -2.08. The summed E-state index contributed by atoms with van der Waals surface area (Å²) in [7, 11) is 1.61. The molecule has 0 saturated carbocycles. The molecule has 1 aromatic carbocycles. The number of benzene rings is 1. The molecule has 0 saturated heterocycles. The molecule has 0 unspecified atom stereocenters. The summed E-state index contributed by atoms with van der Waals surface area (Å²) < 4.78 is 0. The van der Waals surface area contributed by atoms with Gasteiger partial charge in [0, 0.05) is 12.7 Å². The Morgan fingerprint density at radius 1 is 1.37 bits per heavy atom. The smallest absolute Gasteiger partial charge is 0.271 e. The first-order chi connectivity index (χ1) is 13.1. The normalized spacial score (nSPS) is 11.6. The van der Waals surface area contributed by atoms with Crippen LogP contribution in [0.2, 0.25) is 0 Å². The number of rotatable bonds is 8. The van der Waals surface area contributed by atoms with Crippen molar-refractivity contribution in [3.63, 3.8) is 0 Å². The highest BCUT2D eigenvalue weighted by molar-refractivity contribution is 6.01. The van der Waals surface area contributed by atoms with E-state index in [0.717, 1.165) is 18.5 Å². The zero-order valence-electron chi connectivity index (χ0n) is 15.2. The maximum Gasteiger partial charge on any atom is 0.271 e. The van der Waals surface area contributed by atoms with Crippen molar-refractivity contribution in [1.82, 2.24) is 20.6 Å². The monoisotopic (exact) mass is 363 g/mol. The average molecular weight is 363 g/mol. The maximum atomic E-state index is 12.5. The number of imidazole rings is 1. The molecule has 1 heterocycles. The summed E-state index contributed by atoms with van der Waals surface area (Å²) in [6.45, 7) is 2.04. The van der Waals surface area contributed by atoms with Gasteiger partial charge in [-0.2, -0.15) is 5.26 Å². The van der Waals surface area contributed by atoms with E-state index in [4.69, 9.17) is 5.26 Å². The number of aromatic amines is 1. The van der Waals surface area contributed by atoms with Crippen LogP contribution < -0.4 is 10.6 Å². The number of nitriles is 1. The second-order valence-electron chi connectivity index (χ2n) is 5.73. The van der Waals surface area contributed by atoms with E-state index in [1.807, 2.05) is 6.92 Å². The maximum absolute atomic E-state index is 12.5. The Morgan fingerprint density at radius 3 is 2.85 bits per heavy atom. The Kier molecular flexibility index (Phi) is 7.08. The summed E-state index contributed by atoms with van der Waals surface area (Å²) in [6.07, 6.45) is 7.00. The van der Waals surface area contributed by atoms with Gasteiger partial charge in [-0.3, -0.25) is 9.59 Å². The number of carbonyl (C=O) groups excluding carboxylic acids is 2. The topological polar surface area (TPSA) is 111 Å². The van der Waals surface area contributed by atoms with Crippen LogP contribution in [0.4, 0.5) is 0 Å². The third-order valence-electron chi connectivity index (χ3n) is 3.77. The minimum Gasteiger partial charge on any atom is -0.384 e. The quantitative estimate of drug-likeness (QED) is 0.492. The minimum atomic E-state index is -0.467. The second-order valence-corrected chi connectivity index (χ2v) is 5.73. The van der Waals surface area contributed by atoms with Gasteiger partial charge in [0.15, 0.2) is 6.29 Å². The first-order valence-electron chi connectivity index (χ1n) is 8.51. The van der Waals surface area contributed by atoms with E-state index >= 15 is 0 Å². The summed E-state index contributed by atoms with van der Waals surface area (Å²) >= 11 is 0. The van der Waals surface area contributed by atoms with E-state index in [-0.39, 0.29) is 11.4 Å². The molecule has 138 valence electrons. The average Bonchev–Trinajstić information content (AvgIpc) is 3.12. The van der Waals surface area contributed by atoms with Gasteiger partial charge in [0.2, 0.25) is 0 Å². The first kappa shape index (κ1) is 19.7. The van der Waals surface area contributed by atoms with E-state index in [2.05, 4.69) is 26.7 Å². The zero-order valence-corrected chi connectivity index (χ0v) is 15.2. The third kappa shape index (κ3) is 5.41. The number of nitrogens with zero attached hydrogens (tertiary/aromatic N) is 2. The Bertz CT molecular complexity index is 918. The Balaban J connectivity index is 2.22. The van der Waals surface area contributed by atoms with Crippen LogP contribution >= 0.6 is 0 Å². The highest BCUT2D eigenvalue weighted by atomic mass is 16.2. The van der Waals surface area contributed by atoms with Gasteiger partial charge in [0.05, 0.1) is 29.4 Å². The number of likely N-dealkylation sites (N-methyl/N-ethyl adjacent to an activating group) is 1. The van der Waals surface area contributed by atoms with E-state index in [1.165, 1.54) is 6.08 Å². The molecule has 7 heteroatoms. The predicted octanol–water partition coefficient (Wildman–Crippen LogP) is 2.15. The van der Waals surface area contributed by atoms with Crippen LogP contribution in [0.3, 0.4) is 0 Å². The number of hydrogen-bond acceptors (Lipinski definition) is 5. The largest absolute Gasteiger partial charge is 0.384 e. The summed E-state index contributed by atoms with van der Waals surface area (Å²) in [5.74, 6) is -0.467. The van der Waals surface area contributed by atoms with Crippen LogP contribution in [-0.2, 0) is 16.0 Å². The van der Waals surface area contributed by atoms with Gasteiger partial charge in [0.1, 0.15) is 5.70 Å². The van der Waals surface area contributed by atoms with Crippen molar-refractivity contribution in [1.29, 1.82) is 5.26 Å². The fourth-order valence-corrected chi connectivity index (χ4v) is 2.47. The number of amides is 1. The van der Waals surface area contributed by atoms with E-state index in [1.54, 1.807) is 43.7 Å². The van der Waals surface area contributed by atoms with Gasteiger partial charge in [-0.1, -0.05) is 25.5 Å². The molecule has 27 heavy (non-hydrogen) atoms. The molecular weight excluding hydrogens is 342 g/mol. The lowest BCUT2D eigenvalue weighted by atomic mass is 10.1. The Hall–Kier alpha value is -3.66. The fraction of sp³-hybridized carbons (Fsp3) is 0.200. The van der Waals surface area contributed by atoms with Gasteiger partial charge < -0.3 is 15.6 Å². The molecule has 2 rings (SSSR count). The van der Waals surface area contributed by atoms with E-state index < -0.39 is 5.91 Å². The standard InChI is InChI=1S/C20H21N5O2/c1-3-5-17-18(24-13-23-17)10-16(12-26)25-20(27)19(22-2)9-14-6-4-7-15(8-14)11-21/h4,6-10,12-13,22H,3,5H2,1-2H3,(H,23,24)(H,25,27)/b16-10-,19-9-. The van der Waals surface area contributed by atoms with Crippen LogP contribution in [0.25, 0.3) is 12.2 Å². The van der Waals surface area contributed by atoms with Gasteiger partial charge >= 0.3 is 0 Å². The van der Waals surface area contributed by atoms with Gasteiger partial charge in [-0.15, -0.1) is 0 Å². The number of hydrogen-bond donors (Lipinski definition) is 3. The lowest BCUT2D eigenvalue weighted by molar-refractivity contribution is -0.118. The lowest BCUT2D eigenvalue weighted by Crippen LogP contribution is -2.30. The second kappa shape index (κ2) is 9.73. The molecule has 3 N–H and O–H groups in total. The van der Waals surface area contributed by atoms with Gasteiger partial charge in [0.25, 0.3) is 5.91 Å². The highest BCUT2D eigenvalue weighted by Gasteiger charge is 2.11. The van der Waals surface area contributed by atoms with Crippen LogP contribution in [-0.4, -0.2) is 29.2 Å². The molecule has 7 nitrogen and oxygen atoms in total. The molecule has 0 radical (unpaired) electrons. The van der Waals surface area contributed by atoms with Crippen molar-refractivity contribution >= 4 is 24.3 Å². The predicted molar refractivity (Wildman–Crippen MR) is 103 cm³/mol. The van der Waals surface area contributed by atoms with Crippen LogP contribution in [0, 0.1) is 11.3 Å². The van der Waals surface area contributed by atoms with Crippen molar-refractivity contribution < 1.29 is 9.59 Å². The number of aromatic nitrogens is 2. The molecule has 2 aromatic rings. The summed E-state index contributed by atoms with van der Waals surface area (Å²) in [4.78, 5) is 31.1. The molecule has 0 aliphatic heterocycles. The number of H-pyrrole nitrogens is 1. The van der Waals surface area contributed by atoms with Crippen molar-refractivity contribution in [2.24, 2.45) is 0 Å². The number of aldehydes is 1. The molecule has 0 fully saturated rings. The molecule has 1 aromatic heterocycles. The Labute approximate surface area is 157 Å². The number of allylic oxidation sites excluding steroid dienone is 1. The molecular formula is C20H21N5O2. The summed E-state index contributed by atoms with van der Waals surface area (Å²) in [5.41, 5.74) is 3.09. The van der Waals surface area contributed by atoms with Gasteiger partial charge in [-0.05, 0) is 36.3 Å². The first-order valence-corrected chi connectivity index (χ1v) is 8.51. The van der Waals surface area contributed by atoms with Crippen molar-refractivity contribution in [2.75, 3.05) is 7.05 Å². The molecule has 0 aliphatic rings. The minimum absolute atomic E-state index is 0.108. The number of carbonyl (C=O) groups is 2.